The van der Waals surface area contributed by atoms with Crippen LogP contribution in [0.25, 0.3) is 0 Å². The second kappa shape index (κ2) is 6.21. The summed E-state index contributed by atoms with van der Waals surface area (Å²) < 4.78 is 26.0. The van der Waals surface area contributed by atoms with Gasteiger partial charge in [-0.1, -0.05) is 13.3 Å². The maximum Gasteiger partial charge on any atom is 0.265 e. The molecule has 1 aromatic rings. The van der Waals surface area contributed by atoms with Gasteiger partial charge in [-0.25, -0.2) is 8.78 Å². The first-order chi connectivity index (χ1) is 9.56. The first-order valence-electron chi connectivity index (χ1n) is 7.15. The van der Waals surface area contributed by atoms with Crippen molar-refractivity contribution in [1.29, 1.82) is 5.26 Å². The molecule has 108 valence electrons. The van der Waals surface area contributed by atoms with Crippen LogP contribution in [0.1, 0.15) is 50.7 Å². The summed E-state index contributed by atoms with van der Waals surface area (Å²) in [5.74, 6) is 0.639. The lowest BCUT2D eigenvalue weighted by Gasteiger charge is -2.24. The monoisotopic (exact) mass is 278 g/mol. The van der Waals surface area contributed by atoms with Gasteiger partial charge in [-0.15, -0.1) is 0 Å². The highest BCUT2D eigenvalue weighted by molar-refractivity contribution is 5.55. The number of anilines is 1. The van der Waals surface area contributed by atoms with Crippen LogP contribution in [0, 0.1) is 17.2 Å². The van der Waals surface area contributed by atoms with Gasteiger partial charge in [-0.2, -0.15) is 5.26 Å². The van der Waals surface area contributed by atoms with Gasteiger partial charge in [0.2, 0.25) is 0 Å². The average Bonchev–Trinajstić information content (AvgIpc) is 2.79. The van der Waals surface area contributed by atoms with E-state index in [1.165, 1.54) is 18.6 Å². The number of benzene rings is 1. The van der Waals surface area contributed by atoms with Crippen molar-refractivity contribution in [3.8, 4) is 6.07 Å². The van der Waals surface area contributed by atoms with Crippen LogP contribution in [0.3, 0.4) is 0 Å². The molecule has 0 amide bonds. The van der Waals surface area contributed by atoms with Crippen LogP contribution in [0.2, 0.25) is 0 Å². The second-order valence-electron chi connectivity index (χ2n) is 5.58. The lowest BCUT2D eigenvalue weighted by molar-refractivity contribution is 0.151. The molecule has 4 heteroatoms. The van der Waals surface area contributed by atoms with Crippen LogP contribution in [0.4, 0.5) is 14.5 Å². The molecule has 1 aliphatic heterocycles. The van der Waals surface area contributed by atoms with E-state index in [0.717, 1.165) is 25.1 Å². The summed E-state index contributed by atoms with van der Waals surface area (Å²) in [6.07, 6.45) is 0.839. The molecule has 0 saturated carbocycles. The predicted molar refractivity (Wildman–Crippen MR) is 75.9 cm³/mol. The van der Waals surface area contributed by atoms with Crippen LogP contribution in [0.15, 0.2) is 18.2 Å². The molecule has 0 spiro atoms. The van der Waals surface area contributed by atoms with E-state index < -0.39 is 6.43 Å². The molecule has 20 heavy (non-hydrogen) atoms. The van der Waals surface area contributed by atoms with Gasteiger partial charge in [-0.05, 0) is 43.9 Å². The van der Waals surface area contributed by atoms with Gasteiger partial charge >= 0.3 is 0 Å². The van der Waals surface area contributed by atoms with Crippen LogP contribution in [-0.4, -0.2) is 12.6 Å². The molecule has 1 fully saturated rings. The molecule has 0 bridgehead atoms. The van der Waals surface area contributed by atoms with Gasteiger partial charge in [0.25, 0.3) is 6.43 Å². The highest BCUT2D eigenvalue weighted by Crippen LogP contribution is 2.34. The Bertz CT molecular complexity index is 508. The SMILES string of the molecule is CCC[C@@H]1C[C@H](C)N(c2ccc(C#N)c(C(F)F)c2)C1. The predicted octanol–water partition coefficient (Wildman–Crippen LogP) is 4.51. The minimum Gasteiger partial charge on any atom is -0.369 e. The Hall–Kier alpha value is -1.63. The van der Waals surface area contributed by atoms with Crippen molar-refractivity contribution >= 4 is 5.69 Å². The van der Waals surface area contributed by atoms with E-state index in [1.54, 1.807) is 6.07 Å². The number of hydrogen-bond acceptors (Lipinski definition) is 2. The third-order valence-corrected chi connectivity index (χ3v) is 4.08. The Morgan fingerprint density at radius 2 is 2.20 bits per heavy atom. The molecule has 1 aromatic carbocycles. The maximum absolute atomic E-state index is 13.0. The third kappa shape index (κ3) is 2.92. The Morgan fingerprint density at radius 1 is 1.45 bits per heavy atom. The van der Waals surface area contributed by atoms with Gasteiger partial charge in [0.15, 0.2) is 0 Å². The lowest BCUT2D eigenvalue weighted by atomic mass is 10.0. The average molecular weight is 278 g/mol. The lowest BCUT2D eigenvalue weighted by Crippen LogP contribution is -2.26. The Morgan fingerprint density at radius 3 is 2.80 bits per heavy atom. The summed E-state index contributed by atoms with van der Waals surface area (Å²) in [5, 5.41) is 8.89. The molecule has 0 radical (unpaired) electrons. The van der Waals surface area contributed by atoms with Crippen molar-refractivity contribution in [2.45, 2.75) is 45.6 Å². The highest BCUT2D eigenvalue weighted by Gasteiger charge is 2.29. The standard InChI is InChI=1S/C16H20F2N2/c1-3-4-12-7-11(2)20(10-12)14-6-5-13(9-19)15(8-14)16(17)18/h5-6,8,11-12,16H,3-4,7,10H2,1-2H3/t11-,12+/m0/s1. The maximum atomic E-state index is 13.0. The molecular formula is C16H20F2N2. The Kier molecular flexibility index (Phi) is 4.59. The van der Waals surface area contributed by atoms with E-state index in [1.807, 2.05) is 6.07 Å². The number of hydrogen-bond donors (Lipinski definition) is 0. The molecular weight excluding hydrogens is 258 g/mol. The molecule has 0 unspecified atom stereocenters. The fourth-order valence-electron chi connectivity index (χ4n) is 3.13. The minimum absolute atomic E-state index is 0.0701. The summed E-state index contributed by atoms with van der Waals surface area (Å²) >= 11 is 0. The summed E-state index contributed by atoms with van der Waals surface area (Å²) in [6, 6.07) is 6.98. The number of nitrogens with zero attached hydrogens (tertiary/aromatic N) is 2. The van der Waals surface area contributed by atoms with Crippen molar-refractivity contribution in [2.75, 3.05) is 11.4 Å². The van der Waals surface area contributed by atoms with E-state index in [0.29, 0.717) is 12.0 Å². The molecule has 1 saturated heterocycles. The molecule has 2 rings (SSSR count). The molecule has 2 nitrogen and oxygen atoms in total. The molecule has 1 aliphatic rings. The van der Waals surface area contributed by atoms with Crippen LogP contribution in [0.5, 0.6) is 0 Å². The third-order valence-electron chi connectivity index (χ3n) is 4.08. The zero-order valence-electron chi connectivity index (χ0n) is 11.9. The number of rotatable bonds is 4. The van der Waals surface area contributed by atoms with Crippen molar-refractivity contribution in [1.82, 2.24) is 0 Å². The van der Waals surface area contributed by atoms with E-state index in [9.17, 15) is 8.78 Å². The van der Waals surface area contributed by atoms with Gasteiger partial charge in [0, 0.05) is 23.8 Å². The molecule has 0 aliphatic carbocycles. The topological polar surface area (TPSA) is 27.0 Å². The molecule has 2 atom stereocenters. The molecule has 0 N–H and O–H groups in total. The quantitative estimate of drug-likeness (QED) is 0.810. The van der Waals surface area contributed by atoms with Gasteiger partial charge in [0.1, 0.15) is 0 Å². The zero-order chi connectivity index (χ0) is 14.7. The Balaban J connectivity index is 2.25. The number of halogens is 2. The van der Waals surface area contributed by atoms with Gasteiger partial charge < -0.3 is 4.90 Å². The smallest absolute Gasteiger partial charge is 0.265 e. The summed E-state index contributed by atoms with van der Waals surface area (Å²) in [7, 11) is 0. The fraction of sp³-hybridized carbons (Fsp3) is 0.562. The summed E-state index contributed by atoms with van der Waals surface area (Å²) in [6.45, 7) is 5.23. The van der Waals surface area contributed by atoms with Crippen molar-refractivity contribution in [2.24, 2.45) is 5.92 Å². The van der Waals surface area contributed by atoms with Crippen molar-refractivity contribution in [3.05, 3.63) is 29.3 Å². The van der Waals surface area contributed by atoms with Crippen LogP contribution < -0.4 is 4.90 Å². The van der Waals surface area contributed by atoms with Crippen LogP contribution >= 0.6 is 0 Å². The van der Waals surface area contributed by atoms with Crippen molar-refractivity contribution in [3.63, 3.8) is 0 Å². The van der Waals surface area contributed by atoms with Crippen molar-refractivity contribution < 1.29 is 8.78 Å². The van der Waals surface area contributed by atoms with E-state index in [4.69, 9.17) is 5.26 Å². The second-order valence-corrected chi connectivity index (χ2v) is 5.58. The molecule has 1 heterocycles. The molecule has 0 aromatic heterocycles. The first kappa shape index (κ1) is 14.8. The highest BCUT2D eigenvalue weighted by atomic mass is 19.3. The van der Waals surface area contributed by atoms with Gasteiger partial charge in [-0.3, -0.25) is 0 Å². The van der Waals surface area contributed by atoms with Crippen LogP contribution in [-0.2, 0) is 0 Å². The van der Waals surface area contributed by atoms with E-state index in [2.05, 4.69) is 18.7 Å². The van der Waals surface area contributed by atoms with Gasteiger partial charge in [0.05, 0.1) is 11.6 Å². The zero-order valence-corrected chi connectivity index (χ0v) is 11.9. The summed E-state index contributed by atoms with van der Waals surface area (Å²) in [5.41, 5.74) is 0.724. The summed E-state index contributed by atoms with van der Waals surface area (Å²) in [4.78, 5) is 2.19. The largest absolute Gasteiger partial charge is 0.369 e. The first-order valence-corrected chi connectivity index (χ1v) is 7.15. The normalized spacial score (nSPS) is 22.3. The Labute approximate surface area is 119 Å². The fourth-order valence-corrected chi connectivity index (χ4v) is 3.13. The van der Waals surface area contributed by atoms with E-state index in [-0.39, 0.29) is 11.1 Å². The minimum atomic E-state index is -2.60. The van der Waals surface area contributed by atoms with E-state index >= 15 is 0 Å². The number of nitriles is 1. The number of alkyl halides is 2.